The van der Waals surface area contributed by atoms with Crippen molar-refractivity contribution in [3.05, 3.63) is 69.9 Å². The third kappa shape index (κ3) is 3.37. The third-order valence-corrected chi connectivity index (χ3v) is 3.76. The summed E-state index contributed by atoms with van der Waals surface area (Å²) in [6.45, 7) is 1.71. The average molecular weight is 347 g/mol. The summed E-state index contributed by atoms with van der Waals surface area (Å²) in [5.74, 6) is 0. The number of nitrogens with one attached hydrogen (secondary N) is 1. The number of rotatable bonds is 3. The number of hydrogen-bond acceptors (Lipinski definition) is 4. The minimum absolute atomic E-state index is 0.0301. The molecule has 8 heteroatoms. The van der Waals surface area contributed by atoms with E-state index in [1.54, 1.807) is 19.1 Å². The van der Waals surface area contributed by atoms with Gasteiger partial charge >= 0.3 is 6.18 Å². The maximum atomic E-state index is 12.8. The van der Waals surface area contributed by atoms with E-state index in [4.69, 9.17) is 0 Å². The molecule has 1 aromatic heterocycles. The molecule has 0 aliphatic carbocycles. The van der Waals surface area contributed by atoms with Crippen molar-refractivity contribution in [1.82, 2.24) is 4.98 Å². The minimum Gasteiger partial charge on any atom is -0.355 e. The van der Waals surface area contributed by atoms with Crippen LogP contribution in [0.4, 0.5) is 30.2 Å². The Morgan fingerprint density at radius 3 is 2.48 bits per heavy atom. The van der Waals surface area contributed by atoms with Crippen LogP contribution in [0, 0.1) is 17.0 Å². The van der Waals surface area contributed by atoms with Crippen LogP contribution >= 0.6 is 0 Å². The van der Waals surface area contributed by atoms with Gasteiger partial charge in [-0.15, -0.1) is 0 Å². The Labute approximate surface area is 140 Å². The highest BCUT2D eigenvalue weighted by atomic mass is 19.4. The molecule has 0 atom stereocenters. The molecule has 5 nitrogen and oxygen atoms in total. The Kier molecular flexibility index (Phi) is 4.03. The number of aromatic nitrogens is 1. The van der Waals surface area contributed by atoms with E-state index in [1.807, 2.05) is 0 Å². The van der Waals surface area contributed by atoms with Gasteiger partial charge in [0.05, 0.1) is 16.0 Å². The zero-order chi connectivity index (χ0) is 18.2. The number of anilines is 2. The fourth-order valence-electron chi connectivity index (χ4n) is 2.48. The number of benzene rings is 2. The van der Waals surface area contributed by atoms with Crippen LogP contribution < -0.4 is 5.32 Å². The molecule has 3 aromatic rings. The van der Waals surface area contributed by atoms with Gasteiger partial charge < -0.3 is 5.32 Å². The van der Waals surface area contributed by atoms with E-state index in [9.17, 15) is 23.3 Å². The molecule has 0 spiro atoms. The number of halogens is 3. The average Bonchev–Trinajstić information content (AvgIpc) is 2.55. The molecule has 0 fully saturated rings. The summed E-state index contributed by atoms with van der Waals surface area (Å²) in [5.41, 5.74) is 1.24. The van der Waals surface area contributed by atoms with Crippen molar-refractivity contribution in [1.29, 1.82) is 0 Å². The summed E-state index contributed by atoms with van der Waals surface area (Å²) < 4.78 is 38.5. The molecule has 25 heavy (non-hydrogen) atoms. The van der Waals surface area contributed by atoms with Crippen molar-refractivity contribution in [2.45, 2.75) is 13.1 Å². The summed E-state index contributed by atoms with van der Waals surface area (Å²) in [7, 11) is 0. The molecule has 0 unspecified atom stereocenters. The van der Waals surface area contributed by atoms with Crippen LogP contribution in [-0.4, -0.2) is 9.91 Å². The van der Waals surface area contributed by atoms with Gasteiger partial charge in [0.1, 0.15) is 0 Å². The number of fused-ring (bicyclic) bond motifs is 1. The molecule has 0 saturated heterocycles. The second kappa shape index (κ2) is 6.04. The lowest BCUT2D eigenvalue weighted by Gasteiger charge is -2.13. The first-order chi connectivity index (χ1) is 11.8. The van der Waals surface area contributed by atoms with E-state index in [0.717, 1.165) is 12.1 Å². The topological polar surface area (TPSA) is 68.1 Å². The number of nitrogens with zero attached hydrogens (tertiary/aromatic N) is 2. The van der Waals surface area contributed by atoms with Crippen LogP contribution in [0.15, 0.2) is 48.7 Å². The predicted octanol–water partition coefficient (Wildman–Crippen LogP) is 5.21. The highest BCUT2D eigenvalue weighted by molar-refractivity contribution is 5.93. The van der Waals surface area contributed by atoms with Crippen molar-refractivity contribution in [2.24, 2.45) is 0 Å². The van der Waals surface area contributed by atoms with Crippen molar-refractivity contribution in [3.63, 3.8) is 0 Å². The molecule has 0 bridgehead atoms. The molecule has 1 heterocycles. The van der Waals surface area contributed by atoms with E-state index in [0.29, 0.717) is 22.3 Å². The maximum Gasteiger partial charge on any atom is 0.416 e. The van der Waals surface area contributed by atoms with Crippen LogP contribution in [-0.2, 0) is 6.18 Å². The monoisotopic (exact) mass is 347 g/mol. The van der Waals surface area contributed by atoms with E-state index in [2.05, 4.69) is 10.3 Å². The van der Waals surface area contributed by atoms with E-state index in [1.165, 1.54) is 24.4 Å². The van der Waals surface area contributed by atoms with Gasteiger partial charge in [0, 0.05) is 35.1 Å². The molecule has 0 aliphatic rings. The second-order valence-electron chi connectivity index (χ2n) is 5.47. The normalized spacial score (nSPS) is 11.5. The molecule has 128 valence electrons. The Balaban J connectivity index is 2.01. The van der Waals surface area contributed by atoms with Gasteiger partial charge in [-0.25, -0.2) is 0 Å². The number of alkyl halides is 3. The molecule has 1 N–H and O–H groups in total. The lowest BCUT2D eigenvalue weighted by molar-refractivity contribution is -0.384. The standard InChI is InChI=1S/C17H12F3N3O2/c1-10-8-12(23(24)25)3-5-14(10)22-15-6-7-21-16-9-11(17(18,19)20)2-4-13(15)16/h2-9H,1H3,(H,21,22). The summed E-state index contributed by atoms with van der Waals surface area (Å²) >= 11 is 0. The molecular formula is C17H12F3N3O2. The smallest absolute Gasteiger partial charge is 0.355 e. The predicted molar refractivity (Wildman–Crippen MR) is 87.9 cm³/mol. The number of nitro groups is 1. The summed E-state index contributed by atoms with van der Waals surface area (Å²) in [5, 5.41) is 14.4. The van der Waals surface area contributed by atoms with Crippen LogP contribution in [0.3, 0.4) is 0 Å². The molecule has 0 aliphatic heterocycles. The molecule has 3 rings (SSSR count). The molecule has 0 amide bonds. The Bertz CT molecular complexity index is 971. The number of non-ortho nitro benzene ring substituents is 1. The first-order valence-corrected chi connectivity index (χ1v) is 7.24. The summed E-state index contributed by atoms with van der Waals surface area (Å²) in [4.78, 5) is 14.3. The highest BCUT2D eigenvalue weighted by Gasteiger charge is 2.30. The minimum atomic E-state index is -4.44. The molecule has 0 saturated carbocycles. The Morgan fingerprint density at radius 1 is 1.08 bits per heavy atom. The van der Waals surface area contributed by atoms with E-state index < -0.39 is 16.7 Å². The lowest BCUT2D eigenvalue weighted by atomic mass is 10.1. The van der Waals surface area contributed by atoms with Gasteiger partial charge in [-0.3, -0.25) is 15.1 Å². The van der Waals surface area contributed by atoms with Gasteiger partial charge in [-0.2, -0.15) is 13.2 Å². The number of pyridine rings is 1. The van der Waals surface area contributed by atoms with Crippen LogP contribution in [0.25, 0.3) is 10.9 Å². The highest BCUT2D eigenvalue weighted by Crippen LogP contribution is 2.34. The van der Waals surface area contributed by atoms with Gasteiger partial charge in [0.15, 0.2) is 0 Å². The van der Waals surface area contributed by atoms with Gasteiger partial charge in [0.2, 0.25) is 0 Å². The largest absolute Gasteiger partial charge is 0.416 e. The van der Waals surface area contributed by atoms with Crippen LogP contribution in [0.2, 0.25) is 0 Å². The fourth-order valence-corrected chi connectivity index (χ4v) is 2.48. The summed E-state index contributed by atoms with van der Waals surface area (Å²) in [6.07, 6.45) is -3.03. The number of aryl methyl sites for hydroxylation is 1. The van der Waals surface area contributed by atoms with Crippen LogP contribution in [0.1, 0.15) is 11.1 Å². The third-order valence-electron chi connectivity index (χ3n) is 3.76. The summed E-state index contributed by atoms with van der Waals surface area (Å²) in [6, 6.07) is 9.32. The molecule has 0 radical (unpaired) electrons. The van der Waals surface area contributed by atoms with Crippen LogP contribution in [0.5, 0.6) is 0 Å². The van der Waals surface area contributed by atoms with Gasteiger partial charge in [0.25, 0.3) is 5.69 Å². The zero-order valence-electron chi connectivity index (χ0n) is 13.0. The zero-order valence-corrected chi connectivity index (χ0v) is 13.0. The maximum absolute atomic E-state index is 12.8. The molecule has 2 aromatic carbocycles. The van der Waals surface area contributed by atoms with Crippen molar-refractivity contribution < 1.29 is 18.1 Å². The second-order valence-corrected chi connectivity index (χ2v) is 5.47. The first kappa shape index (κ1) is 16.7. The lowest BCUT2D eigenvalue weighted by Crippen LogP contribution is -2.05. The van der Waals surface area contributed by atoms with E-state index in [-0.39, 0.29) is 11.2 Å². The van der Waals surface area contributed by atoms with Gasteiger partial charge in [-0.1, -0.05) is 6.07 Å². The van der Waals surface area contributed by atoms with Crippen molar-refractivity contribution in [3.8, 4) is 0 Å². The number of hydrogen-bond donors (Lipinski definition) is 1. The fraction of sp³-hybridized carbons (Fsp3) is 0.118. The first-order valence-electron chi connectivity index (χ1n) is 7.24. The Hall–Kier alpha value is -3.16. The molecular weight excluding hydrogens is 335 g/mol. The van der Waals surface area contributed by atoms with E-state index >= 15 is 0 Å². The quantitative estimate of drug-likeness (QED) is 0.521. The van der Waals surface area contributed by atoms with Crippen molar-refractivity contribution >= 4 is 28.0 Å². The number of nitro benzene ring substituents is 1. The van der Waals surface area contributed by atoms with Crippen molar-refractivity contribution in [2.75, 3.05) is 5.32 Å². The van der Waals surface area contributed by atoms with Gasteiger partial charge in [-0.05, 0) is 36.8 Å². The SMILES string of the molecule is Cc1cc([N+](=O)[O-])ccc1Nc1ccnc2cc(C(F)(F)F)ccc12. The Morgan fingerprint density at radius 2 is 1.84 bits per heavy atom.